The Balaban J connectivity index is 2.47. The Morgan fingerprint density at radius 3 is 2.76 bits per heavy atom. The normalized spacial score (nSPS) is 11.8. The minimum absolute atomic E-state index is 0.236. The Morgan fingerprint density at radius 1 is 1.33 bits per heavy atom. The minimum atomic E-state index is -0.479. The first kappa shape index (κ1) is 14.8. The number of esters is 1. The van der Waals surface area contributed by atoms with Crippen molar-refractivity contribution < 1.29 is 18.7 Å². The van der Waals surface area contributed by atoms with Gasteiger partial charge in [0.25, 0.3) is 0 Å². The van der Waals surface area contributed by atoms with Crippen molar-refractivity contribution in [1.82, 2.24) is 4.98 Å². The minimum Gasteiger partial charge on any atom is -0.469 e. The van der Waals surface area contributed by atoms with Crippen LogP contribution in [0.5, 0.6) is 0 Å². The Kier molecular flexibility index (Phi) is 4.42. The number of aldehydes is 1. The number of carbonyl (C=O) groups excluding carboxylic acids is 2. The molecule has 108 valence electrons. The molecule has 0 radical (unpaired) electrons. The Morgan fingerprint density at radius 2 is 2.10 bits per heavy atom. The van der Waals surface area contributed by atoms with Crippen molar-refractivity contribution >= 4 is 12.3 Å². The maximum absolute atomic E-state index is 13.2. The molecule has 0 aliphatic carbocycles. The quantitative estimate of drug-likeness (QED) is 0.641. The molecule has 0 aliphatic rings. The number of carbonyl (C=O) groups is 2. The van der Waals surface area contributed by atoms with Gasteiger partial charge < -0.3 is 4.74 Å². The van der Waals surface area contributed by atoms with Gasteiger partial charge in [-0.1, -0.05) is 6.07 Å². The molecule has 0 amide bonds. The molecule has 2 aromatic rings. The SMILES string of the molecule is COC(=O)C(C)c1cncc(-c2ccc(F)cc2C=O)c1. The van der Waals surface area contributed by atoms with Crippen LogP contribution in [-0.4, -0.2) is 24.3 Å². The second-order valence-electron chi connectivity index (χ2n) is 4.60. The molecule has 0 N–H and O–H groups in total. The number of pyridine rings is 1. The number of hydrogen-bond donors (Lipinski definition) is 0. The smallest absolute Gasteiger partial charge is 0.312 e. The van der Waals surface area contributed by atoms with Crippen LogP contribution in [-0.2, 0) is 9.53 Å². The van der Waals surface area contributed by atoms with Crippen LogP contribution >= 0.6 is 0 Å². The number of methoxy groups -OCH3 is 1. The summed E-state index contributed by atoms with van der Waals surface area (Å²) in [5.74, 6) is -1.32. The molecular weight excluding hydrogens is 273 g/mol. The van der Waals surface area contributed by atoms with Gasteiger partial charge in [0.1, 0.15) is 5.82 Å². The van der Waals surface area contributed by atoms with Gasteiger partial charge in [0.15, 0.2) is 6.29 Å². The van der Waals surface area contributed by atoms with E-state index in [-0.39, 0.29) is 11.5 Å². The van der Waals surface area contributed by atoms with Crippen molar-refractivity contribution in [3.8, 4) is 11.1 Å². The standard InChI is InChI=1S/C16H14FNO3/c1-10(16(20)21-2)11-5-12(8-18-7-11)15-4-3-14(17)6-13(15)9-19/h3-10H,1-2H3. The number of rotatable bonds is 4. The van der Waals surface area contributed by atoms with Crippen molar-refractivity contribution in [3.05, 3.63) is 53.6 Å². The average molecular weight is 287 g/mol. The summed E-state index contributed by atoms with van der Waals surface area (Å²) in [7, 11) is 1.32. The molecule has 0 bridgehead atoms. The Bertz CT molecular complexity index is 685. The van der Waals surface area contributed by atoms with E-state index in [0.29, 0.717) is 23.0 Å². The van der Waals surface area contributed by atoms with Crippen LogP contribution in [0.1, 0.15) is 28.8 Å². The number of hydrogen-bond acceptors (Lipinski definition) is 4. The van der Waals surface area contributed by atoms with E-state index in [0.717, 1.165) is 0 Å². The maximum Gasteiger partial charge on any atom is 0.312 e. The predicted octanol–water partition coefficient (Wildman–Crippen LogP) is 2.98. The summed E-state index contributed by atoms with van der Waals surface area (Å²) in [6.45, 7) is 1.71. The monoisotopic (exact) mass is 287 g/mol. The number of halogens is 1. The van der Waals surface area contributed by atoms with E-state index in [4.69, 9.17) is 4.74 Å². The summed E-state index contributed by atoms with van der Waals surface area (Å²) in [6.07, 6.45) is 3.72. The van der Waals surface area contributed by atoms with Gasteiger partial charge in [0, 0.05) is 23.5 Å². The van der Waals surface area contributed by atoms with Crippen LogP contribution < -0.4 is 0 Å². The van der Waals surface area contributed by atoms with Crippen molar-refractivity contribution in [2.75, 3.05) is 7.11 Å². The summed E-state index contributed by atoms with van der Waals surface area (Å²) < 4.78 is 17.9. The molecule has 1 aromatic heterocycles. The molecule has 4 nitrogen and oxygen atoms in total. The summed E-state index contributed by atoms with van der Waals surface area (Å²) in [6, 6.07) is 5.70. The molecule has 0 saturated carbocycles. The molecule has 1 aromatic carbocycles. The summed E-state index contributed by atoms with van der Waals surface area (Å²) >= 11 is 0. The lowest BCUT2D eigenvalue weighted by Gasteiger charge is -2.11. The topological polar surface area (TPSA) is 56.3 Å². The first-order valence-electron chi connectivity index (χ1n) is 6.34. The molecule has 2 rings (SSSR count). The molecule has 0 spiro atoms. The number of nitrogens with zero attached hydrogens (tertiary/aromatic N) is 1. The third kappa shape index (κ3) is 3.13. The highest BCUT2D eigenvalue weighted by atomic mass is 19.1. The zero-order chi connectivity index (χ0) is 15.4. The lowest BCUT2D eigenvalue weighted by molar-refractivity contribution is -0.142. The zero-order valence-corrected chi connectivity index (χ0v) is 11.7. The lowest BCUT2D eigenvalue weighted by Crippen LogP contribution is -2.11. The first-order chi connectivity index (χ1) is 10.1. The number of aromatic nitrogens is 1. The van der Waals surface area contributed by atoms with Gasteiger partial charge >= 0.3 is 5.97 Å². The average Bonchev–Trinajstić information content (AvgIpc) is 2.53. The molecule has 1 heterocycles. The van der Waals surface area contributed by atoms with E-state index in [1.54, 1.807) is 25.4 Å². The van der Waals surface area contributed by atoms with Gasteiger partial charge in [0.05, 0.1) is 13.0 Å². The molecule has 1 atom stereocenters. The van der Waals surface area contributed by atoms with Crippen molar-refractivity contribution in [2.24, 2.45) is 0 Å². The van der Waals surface area contributed by atoms with Crippen molar-refractivity contribution in [3.63, 3.8) is 0 Å². The fourth-order valence-electron chi connectivity index (χ4n) is 2.05. The van der Waals surface area contributed by atoms with E-state index < -0.39 is 11.7 Å². The van der Waals surface area contributed by atoms with Gasteiger partial charge in [-0.2, -0.15) is 0 Å². The lowest BCUT2D eigenvalue weighted by atomic mass is 9.97. The predicted molar refractivity (Wildman–Crippen MR) is 75.4 cm³/mol. The molecular formula is C16H14FNO3. The second kappa shape index (κ2) is 6.26. The van der Waals surface area contributed by atoms with Gasteiger partial charge in [-0.3, -0.25) is 14.6 Å². The van der Waals surface area contributed by atoms with E-state index >= 15 is 0 Å². The second-order valence-corrected chi connectivity index (χ2v) is 4.60. The van der Waals surface area contributed by atoms with Gasteiger partial charge in [0.2, 0.25) is 0 Å². The Hall–Kier alpha value is -2.56. The molecule has 1 unspecified atom stereocenters. The fourth-order valence-corrected chi connectivity index (χ4v) is 2.05. The van der Waals surface area contributed by atoms with Crippen molar-refractivity contribution in [1.29, 1.82) is 0 Å². The maximum atomic E-state index is 13.2. The Labute approximate surface area is 121 Å². The largest absolute Gasteiger partial charge is 0.469 e. The van der Waals surface area contributed by atoms with Gasteiger partial charge in [-0.15, -0.1) is 0 Å². The zero-order valence-electron chi connectivity index (χ0n) is 11.7. The highest BCUT2D eigenvalue weighted by molar-refractivity contribution is 5.87. The highest BCUT2D eigenvalue weighted by Gasteiger charge is 2.17. The third-order valence-corrected chi connectivity index (χ3v) is 3.27. The van der Waals surface area contributed by atoms with Crippen LogP contribution in [0.4, 0.5) is 4.39 Å². The van der Waals surface area contributed by atoms with Gasteiger partial charge in [-0.25, -0.2) is 4.39 Å². The van der Waals surface area contributed by atoms with Gasteiger partial charge in [-0.05, 0) is 36.2 Å². The molecule has 0 aliphatic heterocycles. The van der Waals surface area contributed by atoms with E-state index in [9.17, 15) is 14.0 Å². The van der Waals surface area contributed by atoms with Crippen LogP contribution in [0.2, 0.25) is 0 Å². The molecule has 0 saturated heterocycles. The molecule has 0 fully saturated rings. The number of benzene rings is 1. The van der Waals surface area contributed by atoms with Crippen LogP contribution in [0.25, 0.3) is 11.1 Å². The summed E-state index contributed by atoms with van der Waals surface area (Å²) in [5.41, 5.74) is 2.11. The van der Waals surface area contributed by atoms with Crippen LogP contribution in [0.15, 0.2) is 36.7 Å². The summed E-state index contributed by atoms with van der Waals surface area (Å²) in [4.78, 5) is 26.7. The highest BCUT2D eigenvalue weighted by Crippen LogP contribution is 2.26. The van der Waals surface area contributed by atoms with E-state index in [2.05, 4.69) is 4.98 Å². The van der Waals surface area contributed by atoms with Crippen LogP contribution in [0, 0.1) is 5.82 Å². The van der Waals surface area contributed by atoms with E-state index in [1.807, 2.05) is 0 Å². The van der Waals surface area contributed by atoms with Crippen molar-refractivity contribution in [2.45, 2.75) is 12.8 Å². The van der Waals surface area contributed by atoms with E-state index in [1.165, 1.54) is 25.3 Å². The summed E-state index contributed by atoms with van der Waals surface area (Å²) in [5, 5.41) is 0. The molecule has 21 heavy (non-hydrogen) atoms. The van der Waals surface area contributed by atoms with Crippen LogP contribution in [0.3, 0.4) is 0 Å². The fraction of sp³-hybridized carbons (Fsp3) is 0.188. The third-order valence-electron chi connectivity index (χ3n) is 3.27. The first-order valence-corrected chi connectivity index (χ1v) is 6.34. The molecule has 5 heteroatoms. The number of ether oxygens (including phenoxy) is 1.